The van der Waals surface area contributed by atoms with Gasteiger partial charge in [0.25, 0.3) is 5.69 Å². The molecule has 2 atom stereocenters. The number of methoxy groups -OCH3 is 1. The monoisotopic (exact) mass is 514 g/mol. The van der Waals surface area contributed by atoms with Crippen LogP contribution < -0.4 is 10.1 Å². The van der Waals surface area contributed by atoms with Gasteiger partial charge in [-0.25, -0.2) is 4.79 Å². The Morgan fingerprint density at radius 2 is 1.75 bits per heavy atom. The lowest BCUT2D eigenvalue weighted by Gasteiger charge is -2.41. The molecule has 0 spiro atoms. The summed E-state index contributed by atoms with van der Waals surface area (Å²) in [7, 11) is 3.64. The molecular weight excluding hydrogens is 484 g/mol. The average molecular weight is 515 g/mol. The van der Waals surface area contributed by atoms with Gasteiger partial charge in [0.1, 0.15) is 12.4 Å². The summed E-state index contributed by atoms with van der Waals surface area (Å²) in [4.78, 5) is 39.2. The third kappa shape index (κ3) is 6.46. The van der Waals surface area contributed by atoms with Crippen LogP contribution in [0.15, 0.2) is 48.5 Å². The fourth-order valence-electron chi connectivity index (χ4n) is 4.33. The molecule has 10 nitrogen and oxygen atoms in total. The van der Waals surface area contributed by atoms with E-state index in [0.717, 1.165) is 24.5 Å². The number of likely N-dealkylation sites (N-methyl/N-ethyl adjacent to an activating group) is 1. The highest BCUT2D eigenvalue weighted by Gasteiger charge is 2.41. The predicted octanol–water partition coefficient (Wildman–Crippen LogP) is 3.05. The molecule has 1 N–H and O–H groups in total. The molecular formula is C25H30N4O6S. The SMILES string of the molecule is COc1ccc(CSC2CC(C(=O)N3CC(NC(=O)OCc4ccc([N+](=O)[O-])cc4)C3)N(C)C2)cc1. The lowest BCUT2D eigenvalue weighted by Crippen LogP contribution is -2.63. The van der Waals surface area contributed by atoms with Crippen LogP contribution in [-0.2, 0) is 21.9 Å². The molecule has 0 bridgehead atoms. The number of thioether (sulfide) groups is 1. The number of carbonyl (C=O) groups excluding carboxylic acids is 2. The minimum atomic E-state index is -0.571. The van der Waals surface area contributed by atoms with Crippen molar-refractivity contribution in [2.24, 2.45) is 0 Å². The summed E-state index contributed by atoms with van der Waals surface area (Å²) >= 11 is 1.87. The second kappa shape index (κ2) is 11.6. The predicted molar refractivity (Wildman–Crippen MR) is 136 cm³/mol. The van der Waals surface area contributed by atoms with Gasteiger partial charge < -0.3 is 19.7 Å². The number of non-ortho nitro benzene ring substituents is 1. The minimum Gasteiger partial charge on any atom is -0.497 e. The smallest absolute Gasteiger partial charge is 0.407 e. The number of nitrogens with one attached hydrogen (secondary N) is 1. The third-order valence-corrected chi connectivity index (χ3v) is 7.78. The Hall–Kier alpha value is -3.31. The number of ether oxygens (including phenoxy) is 2. The topological polar surface area (TPSA) is 114 Å². The van der Waals surface area contributed by atoms with E-state index >= 15 is 0 Å². The Kier molecular flexibility index (Phi) is 8.32. The van der Waals surface area contributed by atoms with Gasteiger partial charge in [0.2, 0.25) is 5.91 Å². The van der Waals surface area contributed by atoms with Gasteiger partial charge in [-0.3, -0.25) is 19.8 Å². The zero-order chi connectivity index (χ0) is 25.7. The van der Waals surface area contributed by atoms with Crippen LogP contribution in [-0.4, -0.2) is 77.8 Å². The first kappa shape index (κ1) is 25.8. The van der Waals surface area contributed by atoms with Gasteiger partial charge in [-0.1, -0.05) is 12.1 Å². The van der Waals surface area contributed by atoms with Crippen LogP contribution in [0.3, 0.4) is 0 Å². The van der Waals surface area contributed by atoms with Crippen molar-refractivity contribution in [1.82, 2.24) is 15.1 Å². The quantitative estimate of drug-likeness (QED) is 0.401. The molecule has 36 heavy (non-hydrogen) atoms. The van der Waals surface area contributed by atoms with Crippen LogP contribution in [0.1, 0.15) is 17.5 Å². The highest BCUT2D eigenvalue weighted by molar-refractivity contribution is 7.99. The first-order valence-corrected chi connectivity index (χ1v) is 12.8. The van der Waals surface area contributed by atoms with Crippen molar-refractivity contribution in [1.29, 1.82) is 0 Å². The number of likely N-dealkylation sites (tertiary alicyclic amines) is 2. The van der Waals surface area contributed by atoms with Crippen molar-refractivity contribution in [3.05, 3.63) is 69.8 Å². The summed E-state index contributed by atoms with van der Waals surface area (Å²) in [5.74, 6) is 1.83. The van der Waals surface area contributed by atoms with E-state index in [1.807, 2.05) is 30.9 Å². The maximum atomic E-state index is 13.0. The molecule has 2 aromatic carbocycles. The van der Waals surface area contributed by atoms with E-state index in [9.17, 15) is 19.7 Å². The molecule has 2 aliphatic rings. The molecule has 0 aliphatic carbocycles. The number of nitro groups is 1. The zero-order valence-electron chi connectivity index (χ0n) is 20.3. The van der Waals surface area contributed by atoms with Gasteiger partial charge in [-0.05, 0) is 48.9 Å². The van der Waals surface area contributed by atoms with E-state index in [1.54, 1.807) is 24.1 Å². The van der Waals surface area contributed by atoms with E-state index in [2.05, 4.69) is 22.3 Å². The van der Waals surface area contributed by atoms with Crippen LogP contribution in [0.2, 0.25) is 0 Å². The summed E-state index contributed by atoms with van der Waals surface area (Å²) in [6.07, 6.45) is 0.237. The normalized spacial score (nSPS) is 20.0. The minimum absolute atomic E-state index is 0.0155. The summed E-state index contributed by atoms with van der Waals surface area (Å²) < 4.78 is 10.4. The molecule has 2 amide bonds. The summed E-state index contributed by atoms with van der Waals surface area (Å²) in [5.41, 5.74) is 1.87. The van der Waals surface area contributed by atoms with Crippen LogP contribution >= 0.6 is 11.8 Å². The number of hydrogen-bond donors (Lipinski definition) is 1. The van der Waals surface area contributed by atoms with Crippen molar-refractivity contribution in [3.63, 3.8) is 0 Å². The first-order chi connectivity index (χ1) is 17.3. The molecule has 2 heterocycles. The molecule has 4 rings (SSSR count). The molecule has 2 aromatic rings. The van der Waals surface area contributed by atoms with Crippen molar-refractivity contribution in [2.75, 3.05) is 33.8 Å². The molecule has 0 radical (unpaired) electrons. The highest BCUT2D eigenvalue weighted by atomic mass is 32.2. The van der Waals surface area contributed by atoms with E-state index in [1.165, 1.54) is 17.7 Å². The molecule has 192 valence electrons. The summed E-state index contributed by atoms with van der Waals surface area (Å²) in [5, 5.41) is 13.9. The lowest BCUT2D eigenvalue weighted by atomic mass is 10.1. The van der Waals surface area contributed by atoms with Gasteiger partial charge in [0.15, 0.2) is 0 Å². The van der Waals surface area contributed by atoms with Crippen LogP contribution in [0, 0.1) is 10.1 Å². The fourth-order valence-corrected chi connectivity index (χ4v) is 5.61. The van der Waals surface area contributed by atoms with Crippen molar-refractivity contribution in [2.45, 2.75) is 36.1 Å². The Bertz CT molecular complexity index is 1070. The number of amides is 2. The second-order valence-electron chi connectivity index (χ2n) is 9.06. The number of alkyl carbamates (subject to hydrolysis) is 1. The maximum Gasteiger partial charge on any atom is 0.407 e. The Morgan fingerprint density at radius 3 is 2.39 bits per heavy atom. The van der Waals surface area contributed by atoms with E-state index in [4.69, 9.17) is 9.47 Å². The fraction of sp³-hybridized carbons (Fsp3) is 0.440. The van der Waals surface area contributed by atoms with Gasteiger partial charge >= 0.3 is 6.09 Å². The number of rotatable bonds is 9. The molecule has 0 aromatic heterocycles. The Morgan fingerprint density at radius 1 is 1.08 bits per heavy atom. The number of carbonyl (C=O) groups is 2. The Labute approximate surface area is 214 Å². The second-order valence-corrected chi connectivity index (χ2v) is 10.3. The molecule has 2 fully saturated rings. The summed E-state index contributed by atoms with van der Waals surface area (Å²) in [6.45, 7) is 1.79. The van der Waals surface area contributed by atoms with Crippen molar-refractivity contribution < 1.29 is 24.0 Å². The van der Waals surface area contributed by atoms with Crippen molar-refractivity contribution in [3.8, 4) is 5.75 Å². The molecule has 2 aliphatic heterocycles. The first-order valence-electron chi connectivity index (χ1n) is 11.7. The standard InChI is InChI=1S/C25H30N4O6S/c1-27-14-22(36-16-18-5-9-21(34-2)10-6-18)11-23(27)24(30)28-12-19(13-28)26-25(31)35-15-17-3-7-20(8-4-17)29(32)33/h3-10,19,22-23H,11-16H2,1-2H3,(H,26,31). The molecule has 11 heteroatoms. The largest absolute Gasteiger partial charge is 0.497 e. The maximum absolute atomic E-state index is 13.0. The van der Waals surface area contributed by atoms with Crippen LogP contribution in [0.25, 0.3) is 0 Å². The number of nitro benzene ring substituents is 1. The molecule has 2 saturated heterocycles. The van der Waals surface area contributed by atoms with E-state index in [0.29, 0.717) is 23.9 Å². The third-order valence-electron chi connectivity index (χ3n) is 6.47. The van der Waals surface area contributed by atoms with E-state index < -0.39 is 11.0 Å². The van der Waals surface area contributed by atoms with E-state index in [-0.39, 0.29) is 30.3 Å². The Balaban J connectivity index is 1.15. The van der Waals surface area contributed by atoms with Crippen LogP contribution in [0.5, 0.6) is 5.75 Å². The molecule has 0 saturated carbocycles. The number of hydrogen-bond acceptors (Lipinski definition) is 8. The lowest BCUT2D eigenvalue weighted by molar-refractivity contribution is -0.384. The molecule has 2 unspecified atom stereocenters. The van der Waals surface area contributed by atoms with Gasteiger partial charge in [-0.2, -0.15) is 11.8 Å². The highest BCUT2D eigenvalue weighted by Crippen LogP contribution is 2.31. The number of nitrogens with zero attached hydrogens (tertiary/aromatic N) is 3. The number of benzene rings is 2. The summed E-state index contributed by atoms with van der Waals surface area (Å²) in [6, 6.07) is 13.6. The average Bonchev–Trinajstić information content (AvgIpc) is 3.24. The van der Waals surface area contributed by atoms with Gasteiger partial charge in [0.05, 0.1) is 24.1 Å². The van der Waals surface area contributed by atoms with Gasteiger partial charge in [-0.15, -0.1) is 0 Å². The van der Waals surface area contributed by atoms with Crippen LogP contribution in [0.4, 0.5) is 10.5 Å². The zero-order valence-corrected chi connectivity index (χ0v) is 21.1. The van der Waals surface area contributed by atoms with Crippen molar-refractivity contribution >= 4 is 29.4 Å². The van der Waals surface area contributed by atoms with Gasteiger partial charge in [0, 0.05) is 42.8 Å².